The van der Waals surface area contributed by atoms with Crippen LogP contribution in [0.5, 0.6) is 0 Å². The minimum atomic E-state index is -1.15. The normalized spacial score (nSPS) is 19.5. The molecule has 0 bridgehead atoms. The van der Waals surface area contributed by atoms with E-state index in [1.807, 2.05) is 4.90 Å². The van der Waals surface area contributed by atoms with Gasteiger partial charge in [0.25, 0.3) is 0 Å². The molecule has 1 aromatic carbocycles. The van der Waals surface area contributed by atoms with E-state index in [-0.39, 0.29) is 16.1 Å². The van der Waals surface area contributed by atoms with Crippen molar-refractivity contribution in [3.63, 3.8) is 0 Å². The summed E-state index contributed by atoms with van der Waals surface area (Å²) in [4.78, 5) is 12.8. The summed E-state index contributed by atoms with van der Waals surface area (Å²) in [6, 6.07) is 2.93. The largest absolute Gasteiger partial charge is 0.478 e. The number of carboxylic acids is 1. The van der Waals surface area contributed by atoms with Crippen molar-refractivity contribution in [3.8, 4) is 0 Å². The molecular formula is C13H15BrFNO3. The van der Waals surface area contributed by atoms with Crippen molar-refractivity contribution >= 4 is 27.6 Å². The molecule has 4 nitrogen and oxygen atoms in total. The van der Waals surface area contributed by atoms with Crippen molar-refractivity contribution in [3.05, 3.63) is 28.0 Å². The van der Waals surface area contributed by atoms with Gasteiger partial charge in [0.05, 0.1) is 21.8 Å². The van der Waals surface area contributed by atoms with Crippen LogP contribution in [0.15, 0.2) is 16.6 Å². The third-order valence-electron chi connectivity index (χ3n) is 3.34. The summed E-state index contributed by atoms with van der Waals surface area (Å²) in [5.74, 6) is -1.68. The van der Waals surface area contributed by atoms with Crippen molar-refractivity contribution in [1.29, 1.82) is 0 Å². The second-order valence-corrected chi connectivity index (χ2v) is 5.30. The number of benzene rings is 1. The lowest BCUT2D eigenvalue weighted by atomic mass is 10.1. The van der Waals surface area contributed by atoms with E-state index in [2.05, 4.69) is 15.9 Å². The summed E-state index contributed by atoms with van der Waals surface area (Å²) in [5.41, 5.74) is 0.347. The van der Waals surface area contributed by atoms with Crippen LogP contribution < -0.4 is 4.90 Å². The number of nitrogens with zero attached hydrogens (tertiary/aromatic N) is 1. The van der Waals surface area contributed by atoms with Crippen LogP contribution in [0.2, 0.25) is 0 Å². The Kier molecular flexibility index (Phi) is 4.42. The summed E-state index contributed by atoms with van der Waals surface area (Å²) in [5, 5.41) is 8.94. The van der Waals surface area contributed by atoms with E-state index in [9.17, 15) is 9.18 Å². The Morgan fingerprint density at radius 2 is 2.32 bits per heavy atom. The summed E-state index contributed by atoms with van der Waals surface area (Å²) in [7, 11) is 1.65. The van der Waals surface area contributed by atoms with Gasteiger partial charge in [-0.3, -0.25) is 0 Å². The fraction of sp³-hybridized carbons (Fsp3) is 0.462. The van der Waals surface area contributed by atoms with Gasteiger partial charge in [0.1, 0.15) is 0 Å². The van der Waals surface area contributed by atoms with E-state index in [4.69, 9.17) is 9.84 Å². The molecule has 19 heavy (non-hydrogen) atoms. The number of rotatable bonds is 3. The molecule has 0 spiro atoms. The molecule has 0 aliphatic carbocycles. The molecule has 1 aromatic rings. The van der Waals surface area contributed by atoms with Crippen molar-refractivity contribution in [2.24, 2.45) is 0 Å². The second-order valence-electron chi connectivity index (χ2n) is 4.51. The van der Waals surface area contributed by atoms with E-state index >= 15 is 0 Å². The SMILES string of the molecule is COC1CCCN(c2ccc(C(=O)O)c(Br)c2F)C1. The minimum Gasteiger partial charge on any atom is -0.478 e. The highest BCUT2D eigenvalue weighted by atomic mass is 79.9. The van der Waals surface area contributed by atoms with Gasteiger partial charge in [0, 0.05) is 20.2 Å². The first-order valence-electron chi connectivity index (χ1n) is 6.03. The van der Waals surface area contributed by atoms with E-state index in [0.29, 0.717) is 12.2 Å². The van der Waals surface area contributed by atoms with Crippen LogP contribution in [-0.4, -0.2) is 37.4 Å². The van der Waals surface area contributed by atoms with Crippen molar-refractivity contribution in [2.45, 2.75) is 18.9 Å². The fourth-order valence-corrected chi connectivity index (χ4v) is 2.80. The Labute approximate surface area is 119 Å². The average molecular weight is 332 g/mol. The van der Waals surface area contributed by atoms with Gasteiger partial charge in [-0.1, -0.05) is 0 Å². The third kappa shape index (κ3) is 2.90. The molecule has 6 heteroatoms. The standard InChI is InChI=1S/C13H15BrFNO3/c1-19-8-3-2-6-16(7-8)10-5-4-9(13(17)18)11(14)12(10)15/h4-5,8H,2-3,6-7H2,1H3,(H,17,18). The van der Waals surface area contributed by atoms with Gasteiger partial charge in [-0.2, -0.15) is 0 Å². The first-order chi connectivity index (χ1) is 9.04. The van der Waals surface area contributed by atoms with Gasteiger partial charge in [0.2, 0.25) is 0 Å². The van der Waals surface area contributed by atoms with E-state index in [1.165, 1.54) is 12.1 Å². The number of halogens is 2. The van der Waals surface area contributed by atoms with Gasteiger partial charge < -0.3 is 14.7 Å². The molecule has 1 unspecified atom stereocenters. The monoisotopic (exact) mass is 331 g/mol. The molecular weight excluding hydrogens is 317 g/mol. The first kappa shape index (κ1) is 14.3. The Morgan fingerprint density at radius 1 is 1.58 bits per heavy atom. The molecule has 0 amide bonds. The van der Waals surface area contributed by atoms with Crippen molar-refractivity contribution in [2.75, 3.05) is 25.1 Å². The summed E-state index contributed by atoms with van der Waals surface area (Å²) >= 11 is 3.02. The molecule has 0 aromatic heterocycles. The maximum Gasteiger partial charge on any atom is 0.336 e. The topological polar surface area (TPSA) is 49.8 Å². The number of methoxy groups -OCH3 is 1. The van der Waals surface area contributed by atoms with Gasteiger partial charge >= 0.3 is 5.97 Å². The predicted molar refractivity (Wildman–Crippen MR) is 73.3 cm³/mol. The van der Waals surface area contributed by atoms with Crippen LogP contribution >= 0.6 is 15.9 Å². The molecule has 1 saturated heterocycles. The maximum absolute atomic E-state index is 14.2. The smallest absolute Gasteiger partial charge is 0.336 e. The number of carbonyl (C=O) groups is 1. The Bertz CT molecular complexity index is 495. The summed E-state index contributed by atoms with van der Waals surface area (Å²) < 4.78 is 19.5. The van der Waals surface area contributed by atoms with Crippen molar-refractivity contribution in [1.82, 2.24) is 0 Å². The highest BCUT2D eigenvalue weighted by molar-refractivity contribution is 9.10. The zero-order valence-electron chi connectivity index (χ0n) is 10.5. The second kappa shape index (κ2) is 5.88. The molecule has 1 N–H and O–H groups in total. The molecule has 0 radical (unpaired) electrons. The number of hydrogen-bond acceptors (Lipinski definition) is 3. The number of ether oxygens (including phenoxy) is 1. The Balaban J connectivity index is 2.30. The predicted octanol–water partition coefficient (Wildman–Crippen LogP) is 2.90. The minimum absolute atomic E-state index is 0.00274. The molecule has 1 aliphatic rings. The van der Waals surface area contributed by atoms with Crippen LogP contribution in [0.3, 0.4) is 0 Å². The molecule has 2 rings (SSSR count). The summed E-state index contributed by atoms with van der Waals surface area (Å²) in [6.45, 7) is 1.36. The molecule has 0 saturated carbocycles. The first-order valence-corrected chi connectivity index (χ1v) is 6.83. The number of aromatic carboxylic acids is 1. The van der Waals surface area contributed by atoms with Crippen LogP contribution in [0.4, 0.5) is 10.1 Å². The van der Waals surface area contributed by atoms with Crippen LogP contribution in [-0.2, 0) is 4.74 Å². The summed E-state index contributed by atoms with van der Waals surface area (Å²) in [6.07, 6.45) is 1.98. The Hall–Kier alpha value is -1.14. The zero-order valence-corrected chi connectivity index (χ0v) is 12.1. The van der Waals surface area contributed by atoms with E-state index < -0.39 is 11.8 Å². The maximum atomic E-state index is 14.2. The van der Waals surface area contributed by atoms with Crippen LogP contribution in [0, 0.1) is 5.82 Å². The van der Waals surface area contributed by atoms with E-state index in [0.717, 1.165) is 19.4 Å². The van der Waals surface area contributed by atoms with Crippen LogP contribution in [0.1, 0.15) is 23.2 Å². The van der Waals surface area contributed by atoms with Gasteiger partial charge in [-0.15, -0.1) is 0 Å². The lowest BCUT2D eigenvalue weighted by Crippen LogP contribution is -2.39. The lowest BCUT2D eigenvalue weighted by molar-refractivity contribution is 0.0695. The quantitative estimate of drug-likeness (QED) is 0.925. The molecule has 1 atom stereocenters. The zero-order chi connectivity index (χ0) is 14.0. The third-order valence-corrected chi connectivity index (χ3v) is 4.12. The van der Waals surface area contributed by atoms with Gasteiger partial charge in [-0.05, 0) is 40.9 Å². The van der Waals surface area contributed by atoms with Gasteiger partial charge in [0.15, 0.2) is 5.82 Å². The Morgan fingerprint density at radius 3 is 2.95 bits per heavy atom. The number of anilines is 1. The molecule has 1 aliphatic heterocycles. The van der Waals surface area contributed by atoms with Crippen LogP contribution in [0.25, 0.3) is 0 Å². The molecule has 104 valence electrons. The number of piperidine rings is 1. The van der Waals surface area contributed by atoms with Gasteiger partial charge in [-0.25, -0.2) is 9.18 Å². The average Bonchev–Trinajstić information content (AvgIpc) is 2.41. The molecule has 1 fully saturated rings. The fourth-order valence-electron chi connectivity index (χ4n) is 2.30. The highest BCUT2D eigenvalue weighted by Gasteiger charge is 2.24. The number of carboxylic acid groups (broad SMARTS) is 1. The van der Waals surface area contributed by atoms with Crippen molar-refractivity contribution < 1.29 is 19.0 Å². The lowest BCUT2D eigenvalue weighted by Gasteiger charge is -2.34. The number of hydrogen-bond donors (Lipinski definition) is 1. The molecule has 1 heterocycles. The van der Waals surface area contributed by atoms with E-state index in [1.54, 1.807) is 7.11 Å². The highest BCUT2D eigenvalue weighted by Crippen LogP contribution is 2.31.